The topological polar surface area (TPSA) is 102 Å². The summed E-state index contributed by atoms with van der Waals surface area (Å²) in [7, 11) is 0. The molecule has 0 aliphatic heterocycles. The van der Waals surface area contributed by atoms with E-state index in [1.807, 2.05) is 47.6 Å². The second-order valence-electron chi connectivity index (χ2n) is 9.36. The minimum Gasteiger partial charge on any atom is -0.347 e. The molecule has 3 rings (SSSR count). The van der Waals surface area contributed by atoms with Gasteiger partial charge in [-0.2, -0.15) is 9.78 Å². The number of aromatic nitrogens is 4. The Bertz CT molecular complexity index is 1070. The van der Waals surface area contributed by atoms with Gasteiger partial charge >= 0.3 is 0 Å². The highest BCUT2D eigenvalue weighted by Gasteiger charge is 2.23. The van der Waals surface area contributed by atoms with Crippen molar-refractivity contribution in [3.05, 3.63) is 65.6 Å². The van der Waals surface area contributed by atoms with Crippen molar-refractivity contribution in [2.75, 3.05) is 5.32 Å². The van der Waals surface area contributed by atoms with Crippen molar-refractivity contribution in [2.45, 2.75) is 52.5 Å². The van der Waals surface area contributed by atoms with Crippen LogP contribution in [0.2, 0.25) is 0 Å². The van der Waals surface area contributed by atoms with E-state index in [0.29, 0.717) is 22.9 Å². The summed E-state index contributed by atoms with van der Waals surface area (Å²) in [6.07, 6.45) is 3.24. The molecule has 0 atom stereocenters. The number of anilines is 1. The van der Waals surface area contributed by atoms with Crippen LogP contribution in [0.3, 0.4) is 0 Å². The van der Waals surface area contributed by atoms with E-state index in [2.05, 4.69) is 25.7 Å². The van der Waals surface area contributed by atoms with Gasteiger partial charge in [0.25, 0.3) is 17.8 Å². The predicted molar refractivity (Wildman–Crippen MR) is 119 cm³/mol. The molecule has 2 amide bonds. The highest BCUT2D eigenvalue weighted by molar-refractivity contribution is 6.04. The van der Waals surface area contributed by atoms with Crippen molar-refractivity contribution >= 4 is 17.6 Å². The number of amides is 2. The van der Waals surface area contributed by atoms with Gasteiger partial charge < -0.3 is 10.6 Å². The van der Waals surface area contributed by atoms with Gasteiger partial charge in [-0.05, 0) is 51.1 Å². The van der Waals surface area contributed by atoms with E-state index in [9.17, 15) is 9.59 Å². The molecule has 2 N–H and O–H groups in total. The average molecular weight is 421 g/mol. The molecule has 0 radical (unpaired) electrons. The van der Waals surface area contributed by atoms with Crippen LogP contribution in [0.4, 0.5) is 5.82 Å². The van der Waals surface area contributed by atoms with Crippen molar-refractivity contribution in [1.29, 1.82) is 0 Å². The number of hydrogen-bond acceptors (Lipinski definition) is 5. The Morgan fingerprint density at radius 3 is 1.94 bits per heavy atom. The van der Waals surface area contributed by atoms with Crippen LogP contribution in [-0.2, 0) is 5.41 Å². The van der Waals surface area contributed by atoms with Crippen molar-refractivity contribution < 1.29 is 9.59 Å². The Hall–Kier alpha value is -3.55. The minimum absolute atomic E-state index is 0.187. The van der Waals surface area contributed by atoms with Crippen molar-refractivity contribution in [2.24, 2.45) is 0 Å². The molecule has 3 aromatic rings. The molecule has 0 fully saturated rings. The highest BCUT2D eigenvalue weighted by Crippen LogP contribution is 2.25. The maximum absolute atomic E-state index is 12.9. The molecule has 0 aliphatic rings. The fraction of sp³-hybridized carbons (Fsp3) is 0.348. The van der Waals surface area contributed by atoms with Gasteiger partial charge in [0.15, 0.2) is 0 Å². The molecule has 31 heavy (non-hydrogen) atoms. The Kier molecular flexibility index (Phi) is 5.92. The fourth-order valence-electron chi connectivity index (χ4n) is 2.76. The molecule has 0 saturated heterocycles. The lowest BCUT2D eigenvalue weighted by Crippen LogP contribution is -2.40. The number of carbonyl (C=O) groups excluding carboxylic acids is 2. The molecule has 2 heterocycles. The summed E-state index contributed by atoms with van der Waals surface area (Å²) in [4.78, 5) is 33.6. The van der Waals surface area contributed by atoms with Crippen LogP contribution in [0.25, 0.3) is 5.95 Å². The molecule has 0 aliphatic carbocycles. The third-order valence-electron chi connectivity index (χ3n) is 4.36. The van der Waals surface area contributed by atoms with E-state index in [1.165, 1.54) is 4.68 Å². The lowest BCUT2D eigenvalue weighted by atomic mass is 9.92. The quantitative estimate of drug-likeness (QED) is 0.669. The number of hydrogen-bond donors (Lipinski definition) is 2. The van der Waals surface area contributed by atoms with Gasteiger partial charge in [0.2, 0.25) is 0 Å². The van der Waals surface area contributed by atoms with Gasteiger partial charge in [-0.25, -0.2) is 9.97 Å². The van der Waals surface area contributed by atoms with E-state index in [-0.39, 0.29) is 22.8 Å². The van der Waals surface area contributed by atoms with Crippen molar-refractivity contribution in [1.82, 2.24) is 25.1 Å². The van der Waals surface area contributed by atoms with Crippen LogP contribution >= 0.6 is 0 Å². The first-order valence-corrected chi connectivity index (χ1v) is 10.1. The number of rotatable bonds is 4. The summed E-state index contributed by atoms with van der Waals surface area (Å²) in [6, 6.07) is 10.0. The molecule has 0 saturated carbocycles. The Morgan fingerprint density at radius 2 is 1.42 bits per heavy atom. The molecular formula is C23H28N6O2. The molecule has 2 aromatic heterocycles. The largest absolute Gasteiger partial charge is 0.347 e. The highest BCUT2D eigenvalue weighted by atomic mass is 16.2. The lowest BCUT2D eigenvalue weighted by Gasteiger charge is -2.20. The first kappa shape index (κ1) is 22.1. The summed E-state index contributed by atoms with van der Waals surface area (Å²) >= 11 is 0. The third-order valence-corrected chi connectivity index (χ3v) is 4.36. The zero-order chi connectivity index (χ0) is 22.8. The summed E-state index contributed by atoms with van der Waals surface area (Å²) in [5.74, 6) is 0.326. The van der Waals surface area contributed by atoms with E-state index in [4.69, 9.17) is 0 Å². The molecule has 0 bridgehead atoms. The monoisotopic (exact) mass is 420 g/mol. The normalized spacial score (nSPS) is 11.8. The van der Waals surface area contributed by atoms with Gasteiger partial charge in [0.1, 0.15) is 5.82 Å². The first-order chi connectivity index (χ1) is 14.4. The van der Waals surface area contributed by atoms with Crippen LogP contribution in [-0.4, -0.2) is 37.1 Å². The van der Waals surface area contributed by atoms with E-state index < -0.39 is 0 Å². The van der Waals surface area contributed by atoms with E-state index >= 15 is 0 Å². The third kappa shape index (κ3) is 5.53. The second-order valence-corrected chi connectivity index (χ2v) is 9.36. The minimum atomic E-state index is -0.337. The zero-order valence-electron chi connectivity index (χ0n) is 18.7. The van der Waals surface area contributed by atoms with Gasteiger partial charge in [0.05, 0.1) is 5.69 Å². The Morgan fingerprint density at radius 1 is 0.871 bits per heavy atom. The maximum Gasteiger partial charge on any atom is 0.256 e. The van der Waals surface area contributed by atoms with Crippen LogP contribution in [0, 0.1) is 0 Å². The molecule has 162 valence electrons. The smallest absolute Gasteiger partial charge is 0.256 e. The van der Waals surface area contributed by atoms with Crippen LogP contribution in [0.5, 0.6) is 0 Å². The standard InChI is InChI=1S/C23H28N6O2/c1-22(2,3)17-14-18(29(28-17)21-24-12-7-13-25-21)26-19(30)15-8-10-16(11-9-15)20(31)27-23(4,5)6/h7-14H,1-6H3,(H,26,30)(H,27,31). The van der Waals surface area contributed by atoms with Crippen LogP contribution < -0.4 is 10.6 Å². The molecule has 0 unspecified atom stereocenters. The summed E-state index contributed by atoms with van der Waals surface area (Å²) in [6.45, 7) is 11.9. The Balaban J connectivity index is 1.85. The zero-order valence-corrected chi connectivity index (χ0v) is 18.7. The number of carbonyl (C=O) groups is 2. The summed E-state index contributed by atoms with van der Waals surface area (Å²) in [5, 5.41) is 10.4. The van der Waals surface area contributed by atoms with E-state index in [0.717, 1.165) is 5.69 Å². The maximum atomic E-state index is 12.9. The number of nitrogens with zero attached hydrogens (tertiary/aromatic N) is 4. The van der Waals surface area contributed by atoms with E-state index in [1.54, 1.807) is 42.7 Å². The molecule has 8 nitrogen and oxygen atoms in total. The van der Waals surface area contributed by atoms with Gasteiger partial charge in [0, 0.05) is 40.5 Å². The molecular weight excluding hydrogens is 392 g/mol. The van der Waals surface area contributed by atoms with Gasteiger partial charge in [-0.1, -0.05) is 20.8 Å². The average Bonchev–Trinajstić information content (AvgIpc) is 3.12. The molecule has 0 spiro atoms. The van der Waals surface area contributed by atoms with Crippen molar-refractivity contribution in [3.8, 4) is 5.95 Å². The van der Waals surface area contributed by atoms with Gasteiger partial charge in [-0.15, -0.1) is 0 Å². The summed E-state index contributed by atoms with van der Waals surface area (Å²) in [5.41, 5.74) is 1.15. The van der Waals surface area contributed by atoms with Crippen molar-refractivity contribution in [3.63, 3.8) is 0 Å². The number of benzene rings is 1. The second kappa shape index (κ2) is 8.29. The fourth-order valence-corrected chi connectivity index (χ4v) is 2.76. The van der Waals surface area contributed by atoms with Crippen LogP contribution in [0.1, 0.15) is 68.0 Å². The molecule has 1 aromatic carbocycles. The number of nitrogens with one attached hydrogen (secondary N) is 2. The predicted octanol–water partition coefficient (Wildman–Crippen LogP) is 3.74. The lowest BCUT2D eigenvalue weighted by molar-refractivity contribution is 0.0918. The van der Waals surface area contributed by atoms with Gasteiger partial charge in [-0.3, -0.25) is 9.59 Å². The van der Waals surface area contributed by atoms with Crippen LogP contribution in [0.15, 0.2) is 48.8 Å². The SMILES string of the molecule is CC(C)(C)NC(=O)c1ccc(C(=O)Nc2cc(C(C)(C)C)nn2-c2ncccn2)cc1. The Labute approximate surface area is 182 Å². The summed E-state index contributed by atoms with van der Waals surface area (Å²) < 4.78 is 1.52. The molecule has 8 heteroatoms. The first-order valence-electron chi connectivity index (χ1n) is 10.1.